The number of carbonyl (C=O) groups excluding carboxylic acids is 1. The Balaban J connectivity index is 2.96. The molecule has 0 aliphatic rings. The van der Waals surface area contributed by atoms with Crippen LogP contribution in [0.5, 0.6) is 0 Å². The number of Topliss-reactive ketones (excluding diaryl/α,β-unsaturated/α-hetero) is 1. The molecule has 0 aliphatic heterocycles. The third-order valence-corrected chi connectivity index (χ3v) is 2.26. The Morgan fingerprint density at radius 3 is 2.00 bits per heavy atom. The van der Waals surface area contributed by atoms with Gasteiger partial charge in [0.25, 0.3) is 0 Å². The second-order valence-corrected chi connectivity index (χ2v) is 3.50. The van der Waals surface area contributed by atoms with Crippen molar-refractivity contribution >= 4 is 11.8 Å². The minimum atomic E-state index is -4.47. The van der Waals surface area contributed by atoms with Gasteiger partial charge in [-0.15, -0.1) is 0 Å². The van der Waals surface area contributed by atoms with Crippen LogP contribution in [0.1, 0.15) is 22.8 Å². The summed E-state index contributed by atoms with van der Waals surface area (Å²) in [6, 6.07) is 3.46. The molecule has 17 heavy (non-hydrogen) atoms. The summed E-state index contributed by atoms with van der Waals surface area (Å²) in [5.41, 5.74) is -0.926. The fourth-order valence-electron chi connectivity index (χ4n) is 1.19. The average Bonchev–Trinajstić information content (AvgIpc) is 2.26. The number of rotatable bonds is 3. The van der Waals surface area contributed by atoms with Crippen molar-refractivity contribution in [2.45, 2.75) is 13.1 Å². The van der Waals surface area contributed by atoms with Gasteiger partial charge in [0.2, 0.25) is 0 Å². The molecular weight excluding hydrogens is 237 g/mol. The van der Waals surface area contributed by atoms with E-state index >= 15 is 0 Å². The van der Waals surface area contributed by atoms with Crippen molar-refractivity contribution in [3.63, 3.8) is 0 Å². The van der Waals surface area contributed by atoms with E-state index < -0.39 is 29.4 Å². The second kappa shape index (κ2) is 4.57. The van der Waals surface area contributed by atoms with Crippen LogP contribution in [0.2, 0.25) is 0 Å². The van der Waals surface area contributed by atoms with Crippen molar-refractivity contribution in [3.8, 4) is 0 Å². The van der Waals surface area contributed by atoms with Crippen LogP contribution < -0.4 is 0 Å². The van der Waals surface area contributed by atoms with Crippen molar-refractivity contribution in [2.75, 3.05) is 0 Å². The van der Waals surface area contributed by atoms with Crippen molar-refractivity contribution in [3.05, 3.63) is 35.4 Å². The molecule has 92 valence electrons. The zero-order valence-electron chi connectivity index (χ0n) is 8.78. The second-order valence-electron chi connectivity index (χ2n) is 3.50. The highest BCUT2D eigenvalue weighted by atomic mass is 19.4. The number of hydrogen-bond donors (Lipinski definition) is 1. The van der Waals surface area contributed by atoms with Crippen LogP contribution in [0.3, 0.4) is 0 Å². The largest absolute Gasteiger partial charge is 0.481 e. The molecule has 1 unspecified atom stereocenters. The first kappa shape index (κ1) is 13.2. The van der Waals surface area contributed by atoms with Crippen LogP contribution >= 0.6 is 0 Å². The number of carboxylic acids is 1. The number of aliphatic carboxylic acids is 1. The molecule has 0 saturated carbocycles. The summed E-state index contributed by atoms with van der Waals surface area (Å²) in [4.78, 5) is 22.0. The van der Waals surface area contributed by atoms with Gasteiger partial charge in [-0.2, -0.15) is 13.2 Å². The first-order valence-corrected chi connectivity index (χ1v) is 4.67. The van der Waals surface area contributed by atoms with Gasteiger partial charge in [0.05, 0.1) is 5.56 Å². The number of halogens is 3. The molecule has 1 aromatic carbocycles. The standard InChI is InChI=1S/C11H9F3O3/c1-6(10(16)17)9(15)7-2-4-8(5-3-7)11(12,13)14/h2-6H,1H3,(H,16,17). The smallest absolute Gasteiger partial charge is 0.416 e. The van der Waals surface area contributed by atoms with E-state index in [9.17, 15) is 22.8 Å². The highest BCUT2D eigenvalue weighted by Crippen LogP contribution is 2.29. The molecule has 0 bridgehead atoms. The van der Waals surface area contributed by atoms with Gasteiger partial charge >= 0.3 is 12.1 Å². The van der Waals surface area contributed by atoms with Gasteiger partial charge in [-0.05, 0) is 19.1 Å². The lowest BCUT2D eigenvalue weighted by Gasteiger charge is -2.08. The van der Waals surface area contributed by atoms with E-state index in [1.54, 1.807) is 0 Å². The van der Waals surface area contributed by atoms with Crippen LogP contribution in [0, 0.1) is 5.92 Å². The number of ketones is 1. The molecule has 1 atom stereocenters. The summed E-state index contributed by atoms with van der Waals surface area (Å²) < 4.78 is 36.7. The van der Waals surface area contributed by atoms with Gasteiger partial charge in [0.15, 0.2) is 5.78 Å². The third-order valence-electron chi connectivity index (χ3n) is 2.26. The van der Waals surface area contributed by atoms with Crippen molar-refractivity contribution in [1.82, 2.24) is 0 Å². The molecule has 6 heteroatoms. The summed E-state index contributed by atoms with van der Waals surface area (Å²) in [7, 11) is 0. The van der Waals surface area contributed by atoms with Crippen LogP contribution in [0.15, 0.2) is 24.3 Å². The monoisotopic (exact) mass is 246 g/mol. The zero-order chi connectivity index (χ0) is 13.2. The zero-order valence-corrected chi connectivity index (χ0v) is 8.78. The number of benzene rings is 1. The first-order valence-electron chi connectivity index (χ1n) is 4.67. The van der Waals surface area contributed by atoms with Crippen LogP contribution in [0.4, 0.5) is 13.2 Å². The third kappa shape index (κ3) is 3.05. The average molecular weight is 246 g/mol. The lowest BCUT2D eigenvalue weighted by Crippen LogP contribution is -2.20. The molecule has 0 fully saturated rings. The molecule has 0 saturated heterocycles. The number of carboxylic acid groups (broad SMARTS) is 1. The molecule has 1 aromatic rings. The lowest BCUT2D eigenvalue weighted by atomic mass is 9.98. The minimum Gasteiger partial charge on any atom is -0.481 e. The minimum absolute atomic E-state index is 0.0482. The van der Waals surface area contributed by atoms with E-state index in [1.807, 2.05) is 0 Å². The van der Waals surface area contributed by atoms with Gasteiger partial charge in [-0.3, -0.25) is 9.59 Å². The van der Waals surface area contributed by atoms with Crippen LogP contribution in [-0.4, -0.2) is 16.9 Å². The van der Waals surface area contributed by atoms with Crippen molar-refractivity contribution in [1.29, 1.82) is 0 Å². The van der Waals surface area contributed by atoms with E-state index in [0.717, 1.165) is 24.3 Å². The normalized spacial score (nSPS) is 13.2. The van der Waals surface area contributed by atoms with E-state index in [2.05, 4.69) is 0 Å². The maximum Gasteiger partial charge on any atom is 0.416 e. The molecule has 0 amide bonds. The van der Waals surface area contributed by atoms with Crippen LogP contribution in [-0.2, 0) is 11.0 Å². The molecule has 1 N–H and O–H groups in total. The van der Waals surface area contributed by atoms with Gasteiger partial charge in [-0.25, -0.2) is 0 Å². The summed E-state index contributed by atoms with van der Waals surface area (Å²) in [6.45, 7) is 1.18. The van der Waals surface area contributed by atoms with E-state index in [1.165, 1.54) is 6.92 Å². The van der Waals surface area contributed by atoms with E-state index in [0.29, 0.717) is 0 Å². The summed E-state index contributed by atoms with van der Waals surface area (Å²) >= 11 is 0. The number of carbonyl (C=O) groups is 2. The molecular formula is C11H9F3O3. The Morgan fingerprint density at radius 1 is 1.18 bits per heavy atom. The molecule has 0 radical (unpaired) electrons. The Hall–Kier alpha value is -1.85. The Kier molecular flexibility index (Phi) is 3.55. The quantitative estimate of drug-likeness (QED) is 0.658. The SMILES string of the molecule is CC(C(=O)O)C(=O)c1ccc(C(F)(F)F)cc1. The van der Waals surface area contributed by atoms with Crippen molar-refractivity contribution < 1.29 is 27.9 Å². The topological polar surface area (TPSA) is 54.4 Å². The predicted octanol–water partition coefficient (Wildman–Crippen LogP) is 2.61. The Labute approximate surface area is 94.9 Å². The fraction of sp³-hybridized carbons (Fsp3) is 0.273. The van der Waals surface area contributed by atoms with Crippen LogP contribution in [0.25, 0.3) is 0 Å². The molecule has 3 nitrogen and oxygen atoms in total. The first-order chi connectivity index (χ1) is 7.73. The predicted molar refractivity (Wildman–Crippen MR) is 52.6 cm³/mol. The fourth-order valence-corrected chi connectivity index (χ4v) is 1.19. The number of alkyl halides is 3. The summed E-state index contributed by atoms with van der Waals surface area (Å²) in [5.74, 6) is -3.30. The molecule has 0 aliphatic carbocycles. The maximum absolute atomic E-state index is 12.2. The number of hydrogen-bond acceptors (Lipinski definition) is 2. The van der Waals surface area contributed by atoms with E-state index in [4.69, 9.17) is 5.11 Å². The summed E-state index contributed by atoms with van der Waals surface area (Å²) in [5, 5.41) is 8.60. The van der Waals surface area contributed by atoms with Gasteiger partial charge in [0.1, 0.15) is 5.92 Å². The summed E-state index contributed by atoms with van der Waals surface area (Å²) in [6.07, 6.45) is -4.47. The molecule has 1 rings (SSSR count). The Morgan fingerprint density at radius 2 is 1.65 bits per heavy atom. The van der Waals surface area contributed by atoms with Crippen molar-refractivity contribution in [2.24, 2.45) is 5.92 Å². The van der Waals surface area contributed by atoms with Gasteiger partial charge < -0.3 is 5.11 Å². The Bertz CT molecular complexity index is 434. The molecule has 0 aromatic heterocycles. The highest BCUT2D eigenvalue weighted by molar-refractivity contribution is 6.07. The van der Waals surface area contributed by atoms with Gasteiger partial charge in [0, 0.05) is 5.56 Å². The highest BCUT2D eigenvalue weighted by Gasteiger charge is 2.30. The maximum atomic E-state index is 12.2. The lowest BCUT2D eigenvalue weighted by molar-refractivity contribution is -0.139. The molecule has 0 heterocycles. The van der Waals surface area contributed by atoms with Gasteiger partial charge in [-0.1, -0.05) is 12.1 Å². The molecule has 0 spiro atoms. The van der Waals surface area contributed by atoms with E-state index in [-0.39, 0.29) is 5.56 Å².